The maximum atomic E-state index is 13.2. The molecule has 1 aromatic rings. The number of fused-ring (bicyclic) bond motifs is 1. The maximum Gasteiger partial charge on any atom is 0.299 e. The summed E-state index contributed by atoms with van der Waals surface area (Å²) in [6.07, 6.45) is 0.594. The number of amides is 1. The van der Waals surface area contributed by atoms with Gasteiger partial charge in [0.05, 0.1) is 11.3 Å². The molecule has 1 heterocycles. The molecule has 0 bridgehead atoms. The molecule has 5 heteroatoms. The monoisotopic (exact) mass is 255 g/mol. The van der Waals surface area contributed by atoms with E-state index in [0.29, 0.717) is 30.1 Å². The second-order valence-electron chi connectivity index (χ2n) is 3.95. The standard InChI is InChI=1S/C12H11ClFNO2/c1-7-5-8(14)6-9-10(7)15(4-2-3-13)12(17)11(9)16/h5-6H,2-4H2,1H3. The van der Waals surface area contributed by atoms with Crippen LogP contribution in [0.2, 0.25) is 0 Å². The quantitative estimate of drug-likeness (QED) is 0.614. The lowest BCUT2D eigenvalue weighted by Gasteiger charge is -2.17. The van der Waals surface area contributed by atoms with E-state index in [0.717, 1.165) is 6.07 Å². The third kappa shape index (κ3) is 1.93. The molecule has 0 N–H and O–H groups in total. The highest BCUT2D eigenvalue weighted by Crippen LogP contribution is 2.33. The van der Waals surface area contributed by atoms with Crippen LogP contribution in [-0.2, 0) is 4.79 Å². The zero-order valence-corrected chi connectivity index (χ0v) is 10.1. The molecule has 0 spiro atoms. The summed E-state index contributed by atoms with van der Waals surface area (Å²) >= 11 is 5.57. The molecule has 0 fully saturated rings. The van der Waals surface area contributed by atoms with E-state index in [4.69, 9.17) is 11.6 Å². The Bertz CT molecular complexity index is 502. The van der Waals surface area contributed by atoms with Gasteiger partial charge in [0, 0.05) is 12.4 Å². The van der Waals surface area contributed by atoms with Gasteiger partial charge in [0.15, 0.2) is 0 Å². The Kier molecular flexibility index (Phi) is 3.15. The summed E-state index contributed by atoms with van der Waals surface area (Å²) in [5, 5.41) is 0. The first-order chi connectivity index (χ1) is 8.06. The van der Waals surface area contributed by atoms with Gasteiger partial charge in [-0.05, 0) is 31.0 Å². The van der Waals surface area contributed by atoms with Gasteiger partial charge in [-0.2, -0.15) is 0 Å². The highest BCUT2D eigenvalue weighted by Gasteiger charge is 2.36. The fraction of sp³-hybridized carbons (Fsp3) is 0.333. The van der Waals surface area contributed by atoms with Crippen molar-refractivity contribution in [2.75, 3.05) is 17.3 Å². The van der Waals surface area contributed by atoms with Crippen molar-refractivity contribution in [3.63, 3.8) is 0 Å². The van der Waals surface area contributed by atoms with Crippen molar-refractivity contribution >= 4 is 29.0 Å². The molecule has 90 valence electrons. The van der Waals surface area contributed by atoms with E-state index in [1.807, 2.05) is 0 Å². The van der Waals surface area contributed by atoms with Crippen molar-refractivity contribution < 1.29 is 14.0 Å². The van der Waals surface area contributed by atoms with Gasteiger partial charge in [-0.1, -0.05) is 0 Å². The van der Waals surface area contributed by atoms with Crippen LogP contribution in [0.3, 0.4) is 0 Å². The van der Waals surface area contributed by atoms with Crippen molar-refractivity contribution in [2.24, 2.45) is 0 Å². The number of nitrogens with zero attached hydrogens (tertiary/aromatic N) is 1. The largest absolute Gasteiger partial charge is 0.304 e. The van der Waals surface area contributed by atoms with Crippen molar-refractivity contribution in [1.82, 2.24) is 0 Å². The lowest BCUT2D eigenvalue weighted by atomic mass is 10.1. The van der Waals surface area contributed by atoms with Crippen molar-refractivity contribution in [2.45, 2.75) is 13.3 Å². The van der Waals surface area contributed by atoms with Crippen LogP contribution in [0.1, 0.15) is 22.3 Å². The number of carbonyl (C=O) groups excluding carboxylic acids is 2. The molecule has 1 aliphatic rings. The number of hydrogen-bond donors (Lipinski definition) is 0. The fourth-order valence-electron chi connectivity index (χ4n) is 2.04. The van der Waals surface area contributed by atoms with Crippen LogP contribution in [0.25, 0.3) is 0 Å². The Morgan fingerprint density at radius 1 is 1.35 bits per heavy atom. The first kappa shape index (κ1) is 12.0. The van der Waals surface area contributed by atoms with Gasteiger partial charge in [-0.3, -0.25) is 9.59 Å². The van der Waals surface area contributed by atoms with Gasteiger partial charge in [0.1, 0.15) is 5.82 Å². The summed E-state index contributed by atoms with van der Waals surface area (Å²) in [5.74, 6) is -1.33. The molecule has 0 saturated heterocycles. The Morgan fingerprint density at radius 2 is 2.06 bits per heavy atom. The van der Waals surface area contributed by atoms with Gasteiger partial charge < -0.3 is 4.90 Å². The van der Waals surface area contributed by atoms with E-state index in [1.54, 1.807) is 6.92 Å². The topological polar surface area (TPSA) is 37.4 Å². The summed E-state index contributed by atoms with van der Waals surface area (Å²) in [7, 11) is 0. The smallest absolute Gasteiger partial charge is 0.299 e. The summed E-state index contributed by atoms with van der Waals surface area (Å²) in [6.45, 7) is 2.06. The van der Waals surface area contributed by atoms with Crippen molar-refractivity contribution in [1.29, 1.82) is 0 Å². The SMILES string of the molecule is Cc1cc(F)cc2c1N(CCCCl)C(=O)C2=O. The van der Waals surface area contributed by atoms with Crippen LogP contribution < -0.4 is 4.90 Å². The number of Topliss-reactive ketones (excluding diaryl/α,β-unsaturated/α-hetero) is 1. The second-order valence-corrected chi connectivity index (χ2v) is 4.33. The van der Waals surface area contributed by atoms with Crippen molar-refractivity contribution in [3.05, 3.63) is 29.1 Å². The van der Waals surface area contributed by atoms with Crippen molar-refractivity contribution in [3.8, 4) is 0 Å². The minimum atomic E-state index is -0.642. The predicted octanol–water partition coefficient (Wildman–Crippen LogP) is 2.29. The third-order valence-electron chi connectivity index (χ3n) is 2.73. The number of ketones is 1. The van der Waals surface area contributed by atoms with Crippen LogP contribution in [-0.4, -0.2) is 24.1 Å². The summed E-state index contributed by atoms with van der Waals surface area (Å²) in [5.41, 5.74) is 1.27. The van der Waals surface area contributed by atoms with Crippen LogP contribution in [0.4, 0.5) is 10.1 Å². The number of alkyl halides is 1. The van der Waals surface area contributed by atoms with E-state index in [-0.39, 0.29) is 5.56 Å². The van der Waals surface area contributed by atoms with Gasteiger partial charge in [-0.25, -0.2) is 4.39 Å². The molecule has 0 atom stereocenters. The molecule has 0 aliphatic carbocycles. The highest BCUT2D eigenvalue weighted by atomic mass is 35.5. The van der Waals surface area contributed by atoms with Crippen LogP contribution in [0.5, 0.6) is 0 Å². The maximum absolute atomic E-state index is 13.2. The molecule has 1 amide bonds. The minimum absolute atomic E-state index is 0.155. The number of benzene rings is 1. The Hall–Kier alpha value is -1.42. The molecule has 0 radical (unpaired) electrons. The average Bonchev–Trinajstić information content (AvgIpc) is 2.51. The summed E-state index contributed by atoms with van der Waals surface area (Å²) in [4.78, 5) is 24.8. The number of hydrogen-bond acceptors (Lipinski definition) is 2. The average molecular weight is 256 g/mol. The molecular weight excluding hydrogens is 245 g/mol. The zero-order valence-electron chi connectivity index (χ0n) is 9.30. The van der Waals surface area contributed by atoms with E-state index in [9.17, 15) is 14.0 Å². The molecule has 1 aliphatic heterocycles. The fourth-order valence-corrected chi connectivity index (χ4v) is 2.16. The molecule has 0 saturated carbocycles. The van der Waals surface area contributed by atoms with E-state index in [2.05, 4.69) is 0 Å². The number of aryl methyl sites for hydroxylation is 1. The van der Waals surface area contributed by atoms with Gasteiger partial charge in [0.25, 0.3) is 11.7 Å². The first-order valence-electron chi connectivity index (χ1n) is 5.28. The Morgan fingerprint density at radius 3 is 2.71 bits per heavy atom. The molecule has 0 aromatic heterocycles. The molecule has 17 heavy (non-hydrogen) atoms. The zero-order chi connectivity index (χ0) is 12.6. The summed E-state index contributed by atoms with van der Waals surface area (Å²) < 4.78 is 13.2. The lowest BCUT2D eigenvalue weighted by Crippen LogP contribution is -2.31. The van der Waals surface area contributed by atoms with Crippen LogP contribution in [0, 0.1) is 12.7 Å². The van der Waals surface area contributed by atoms with E-state index in [1.165, 1.54) is 11.0 Å². The van der Waals surface area contributed by atoms with E-state index >= 15 is 0 Å². The number of anilines is 1. The predicted molar refractivity (Wildman–Crippen MR) is 63.2 cm³/mol. The minimum Gasteiger partial charge on any atom is -0.304 e. The second kappa shape index (κ2) is 4.45. The molecule has 3 nitrogen and oxygen atoms in total. The molecule has 2 rings (SSSR count). The molecule has 0 unspecified atom stereocenters. The lowest BCUT2D eigenvalue weighted by molar-refractivity contribution is -0.114. The highest BCUT2D eigenvalue weighted by molar-refractivity contribution is 6.52. The van der Waals surface area contributed by atoms with E-state index < -0.39 is 17.5 Å². The summed E-state index contributed by atoms with van der Waals surface area (Å²) in [6, 6.07) is 2.43. The van der Waals surface area contributed by atoms with Crippen LogP contribution >= 0.6 is 11.6 Å². The van der Waals surface area contributed by atoms with Gasteiger partial charge in [0.2, 0.25) is 0 Å². The van der Waals surface area contributed by atoms with Crippen LogP contribution in [0.15, 0.2) is 12.1 Å². The molecular formula is C12H11ClFNO2. The number of halogens is 2. The normalized spacial score (nSPS) is 14.4. The number of rotatable bonds is 3. The Balaban J connectivity index is 2.48. The third-order valence-corrected chi connectivity index (χ3v) is 3.00. The first-order valence-corrected chi connectivity index (χ1v) is 5.82. The number of carbonyl (C=O) groups is 2. The van der Waals surface area contributed by atoms with Gasteiger partial charge >= 0.3 is 0 Å². The Labute approximate surface area is 103 Å². The van der Waals surface area contributed by atoms with Gasteiger partial charge in [-0.15, -0.1) is 11.6 Å². The molecule has 1 aromatic carbocycles.